The van der Waals surface area contributed by atoms with Gasteiger partial charge in [-0.15, -0.1) is 0 Å². The first-order valence-electron chi connectivity index (χ1n) is 6.06. The molecule has 3 N–H and O–H groups in total. The number of hydrogen-bond acceptors (Lipinski definition) is 2. The first-order valence-corrected chi connectivity index (χ1v) is 6.47. The summed E-state index contributed by atoms with van der Waals surface area (Å²) in [6, 6.07) is 3.37. The second-order valence-corrected chi connectivity index (χ2v) is 4.71. The van der Waals surface area contributed by atoms with E-state index in [4.69, 9.17) is 5.73 Å². The van der Waals surface area contributed by atoms with Gasteiger partial charge in [-0.1, -0.05) is 25.6 Å². The van der Waals surface area contributed by atoms with Crippen LogP contribution >= 0.6 is 12.2 Å². The van der Waals surface area contributed by atoms with E-state index in [1.54, 1.807) is 0 Å². The molecule has 0 aliphatic rings. The molecule has 0 aliphatic heterocycles. The lowest BCUT2D eigenvalue weighted by Gasteiger charge is -2.14. The molecule has 0 spiro atoms. The van der Waals surface area contributed by atoms with Crippen molar-refractivity contribution in [1.29, 1.82) is 0 Å². The Balaban J connectivity index is 3.01. The van der Waals surface area contributed by atoms with Crippen molar-refractivity contribution in [2.45, 2.75) is 32.4 Å². The SMILES string of the molecule is CCCCC(=O)Nc1ccc(C(N)=S)c(C(F)(F)F)c1. The van der Waals surface area contributed by atoms with Crippen LogP contribution in [-0.2, 0) is 11.0 Å². The zero-order valence-electron chi connectivity index (χ0n) is 10.9. The number of amides is 1. The van der Waals surface area contributed by atoms with Crippen molar-refractivity contribution >= 4 is 28.8 Å². The third kappa shape index (κ3) is 4.48. The molecule has 0 aliphatic carbocycles. The molecular formula is C13H15F3N2OS. The average molecular weight is 304 g/mol. The highest BCUT2D eigenvalue weighted by Crippen LogP contribution is 2.33. The van der Waals surface area contributed by atoms with Crippen LogP contribution in [0.2, 0.25) is 0 Å². The van der Waals surface area contributed by atoms with E-state index in [9.17, 15) is 18.0 Å². The van der Waals surface area contributed by atoms with Crippen molar-refractivity contribution in [3.05, 3.63) is 29.3 Å². The molecule has 0 aromatic heterocycles. The van der Waals surface area contributed by atoms with E-state index in [-0.39, 0.29) is 28.6 Å². The van der Waals surface area contributed by atoms with Gasteiger partial charge in [-0.2, -0.15) is 13.2 Å². The van der Waals surface area contributed by atoms with Crippen LogP contribution in [0.4, 0.5) is 18.9 Å². The van der Waals surface area contributed by atoms with Crippen molar-refractivity contribution in [2.24, 2.45) is 5.73 Å². The van der Waals surface area contributed by atoms with Gasteiger partial charge in [-0.3, -0.25) is 4.79 Å². The third-order valence-electron chi connectivity index (χ3n) is 2.63. The number of benzene rings is 1. The minimum Gasteiger partial charge on any atom is -0.389 e. The summed E-state index contributed by atoms with van der Waals surface area (Å²) >= 11 is 4.60. The second-order valence-electron chi connectivity index (χ2n) is 4.27. The molecule has 0 atom stereocenters. The first-order chi connectivity index (χ1) is 9.25. The van der Waals surface area contributed by atoms with Gasteiger partial charge in [0.1, 0.15) is 4.99 Å². The quantitative estimate of drug-likeness (QED) is 0.819. The van der Waals surface area contributed by atoms with Gasteiger partial charge in [0, 0.05) is 17.7 Å². The van der Waals surface area contributed by atoms with Gasteiger partial charge in [0.15, 0.2) is 0 Å². The molecule has 1 aromatic rings. The summed E-state index contributed by atoms with van der Waals surface area (Å²) in [6.07, 6.45) is -2.79. The topological polar surface area (TPSA) is 55.1 Å². The van der Waals surface area contributed by atoms with Gasteiger partial charge in [0.25, 0.3) is 0 Å². The number of unbranched alkanes of at least 4 members (excludes halogenated alkanes) is 1. The van der Waals surface area contributed by atoms with E-state index in [1.165, 1.54) is 12.1 Å². The third-order valence-corrected chi connectivity index (χ3v) is 2.85. The molecule has 1 rings (SSSR count). The Morgan fingerprint density at radius 2 is 2.05 bits per heavy atom. The minimum atomic E-state index is -4.58. The van der Waals surface area contributed by atoms with E-state index in [2.05, 4.69) is 17.5 Å². The van der Waals surface area contributed by atoms with E-state index >= 15 is 0 Å². The van der Waals surface area contributed by atoms with Crippen molar-refractivity contribution < 1.29 is 18.0 Å². The first kappa shape index (κ1) is 16.4. The number of anilines is 1. The number of alkyl halides is 3. The van der Waals surface area contributed by atoms with Crippen molar-refractivity contribution in [3.8, 4) is 0 Å². The Kier molecular flexibility index (Phi) is 5.50. The number of hydrogen-bond donors (Lipinski definition) is 2. The lowest BCUT2D eigenvalue weighted by Crippen LogP contribution is -2.19. The maximum Gasteiger partial charge on any atom is 0.417 e. The molecule has 0 saturated carbocycles. The maximum absolute atomic E-state index is 12.9. The van der Waals surface area contributed by atoms with Gasteiger partial charge >= 0.3 is 6.18 Å². The van der Waals surface area contributed by atoms with Gasteiger partial charge in [0.2, 0.25) is 5.91 Å². The molecule has 20 heavy (non-hydrogen) atoms. The maximum atomic E-state index is 12.9. The van der Waals surface area contributed by atoms with Crippen LogP contribution in [0.3, 0.4) is 0 Å². The standard InChI is InChI=1S/C13H15F3N2OS/c1-2-3-4-11(19)18-8-5-6-9(12(17)20)10(7-8)13(14,15)16/h5-7H,2-4H2,1H3,(H2,17,20)(H,18,19). The summed E-state index contributed by atoms with van der Waals surface area (Å²) in [5.74, 6) is -0.317. The van der Waals surface area contributed by atoms with Gasteiger partial charge < -0.3 is 11.1 Å². The number of carbonyl (C=O) groups is 1. The minimum absolute atomic E-state index is 0.0819. The van der Waals surface area contributed by atoms with Crippen LogP contribution in [0, 0.1) is 0 Å². The van der Waals surface area contributed by atoms with Crippen LogP contribution in [0.15, 0.2) is 18.2 Å². The fourth-order valence-electron chi connectivity index (χ4n) is 1.63. The number of nitrogens with one attached hydrogen (secondary N) is 1. The Hall–Kier alpha value is -1.63. The molecule has 1 aromatic carbocycles. The monoisotopic (exact) mass is 304 g/mol. The second kappa shape index (κ2) is 6.69. The molecule has 110 valence electrons. The Morgan fingerprint density at radius 1 is 1.40 bits per heavy atom. The highest BCUT2D eigenvalue weighted by Gasteiger charge is 2.34. The number of halogens is 3. The highest BCUT2D eigenvalue weighted by molar-refractivity contribution is 7.80. The zero-order chi connectivity index (χ0) is 15.3. The van der Waals surface area contributed by atoms with E-state index < -0.39 is 11.7 Å². The predicted octanol–water partition coefficient (Wildman–Crippen LogP) is 3.47. The van der Waals surface area contributed by atoms with Crippen molar-refractivity contribution in [1.82, 2.24) is 0 Å². The van der Waals surface area contributed by atoms with Crippen LogP contribution < -0.4 is 11.1 Å². The zero-order valence-corrected chi connectivity index (χ0v) is 11.7. The largest absolute Gasteiger partial charge is 0.417 e. The number of carbonyl (C=O) groups excluding carboxylic acids is 1. The van der Waals surface area contributed by atoms with Gasteiger partial charge in [-0.05, 0) is 24.6 Å². The fraction of sp³-hybridized carbons (Fsp3) is 0.385. The molecule has 0 radical (unpaired) electrons. The summed E-state index contributed by atoms with van der Waals surface area (Å²) in [4.78, 5) is 11.2. The van der Waals surface area contributed by atoms with Crippen LogP contribution in [0.5, 0.6) is 0 Å². The molecule has 0 heterocycles. The summed E-state index contributed by atoms with van der Waals surface area (Å²) in [5, 5.41) is 2.43. The molecule has 1 amide bonds. The number of nitrogens with two attached hydrogens (primary N) is 1. The molecule has 0 fully saturated rings. The molecule has 3 nitrogen and oxygen atoms in total. The molecule has 7 heteroatoms. The summed E-state index contributed by atoms with van der Waals surface area (Å²) in [6.45, 7) is 1.92. The summed E-state index contributed by atoms with van der Waals surface area (Å²) in [7, 11) is 0. The Labute approximate surface area is 120 Å². The molecule has 0 bridgehead atoms. The number of thiocarbonyl (C=S) groups is 1. The molecule has 0 unspecified atom stereocenters. The normalized spacial score (nSPS) is 11.2. The van der Waals surface area contributed by atoms with Gasteiger partial charge in [-0.25, -0.2) is 0 Å². The van der Waals surface area contributed by atoms with Gasteiger partial charge in [0.05, 0.1) is 5.56 Å². The number of rotatable bonds is 5. The molecular weight excluding hydrogens is 289 g/mol. The van der Waals surface area contributed by atoms with Crippen LogP contribution in [0.25, 0.3) is 0 Å². The fourth-order valence-corrected chi connectivity index (χ4v) is 1.81. The Morgan fingerprint density at radius 3 is 2.55 bits per heavy atom. The highest BCUT2D eigenvalue weighted by atomic mass is 32.1. The summed E-state index contributed by atoms with van der Waals surface area (Å²) in [5.41, 5.74) is 4.16. The van der Waals surface area contributed by atoms with E-state index in [1.807, 2.05) is 6.92 Å². The Bertz CT molecular complexity index is 515. The molecule has 0 saturated heterocycles. The van der Waals surface area contributed by atoms with E-state index in [0.717, 1.165) is 12.5 Å². The van der Waals surface area contributed by atoms with Crippen LogP contribution in [0.1, 0.15) is 37.3 Å². The van der Waals surface area contributed by atoms with Crippen LogP contribution in [-0.4, -0.2) is 10.9 Å². The van der Waals surface area contributed by atoms with Crippen molar-refractivity contribution in [3.63, 3.8) is 0 Å². The van der Waals surface area contributed by atoms with Crippen molar-refractivity contribution in [2.75, 3.05) is 5.32 Å². The lowest BCUT2D eigenvalue weighted by molar-refractivity contribution is -0.137. The smallest absolute Gasteiger partial charge is 0.389 e. The lowest BCUT2D eigenvalue weighted by atomic mass is 10.1. The summed E-state index contributed by atoms with van der Waals surface area (Å²) < 4.78 is 38.7. The average Bonchev–Trinajstić information content (AvgIpc) is 2.35. The van der Waals surface area contributed by atoms with E-state index in [0.29, 0.717) is 6.42 Å². The predicted molar refractivity (Wildman–Crippen MR) is 75.5 cm³/mol.